The molecule has 0 fully saturated rings. The third-order valence-corrected chi connectivity index (χ3v) is 36.2. The Morgan fingerprint density at radius 3 is 1.45 bits per heavy atom. The molecule has 293 valence electrons. The number of rotatable bonds is 13. The second-order valence-electron chi connectivity index (χ2n) is 17.1. The first-order valence-corrected chi connectivity index (χ1v) is 33.7. The van der Waals surface area contributed by atoms with Crippen LogP contribution in [-0.2, 0) is 29.2 Å². The average Bonchev–Trinajstić information content (AvgIpc) is 3.94. The first-order chi connectivity index (χ1) is 28.3. The van der Waals surface area contributed by atoms with Crippen LogP contribution >= 0.6 is 17.0 Å². The molecule has 0 nitrogen and oxygen atoms in total. The van der Waals surface area contributed by atoms with Crippen molar-refractivity contribution in [3.8, 4) is 33.4 Å². The monoisotopic (exact) mass is 891 g/mol. The van der Waals surface area contributed by atoms with Crippen molar-refractivity contribution in [2.24, 2.45) is 0 Å². The zero-order valence-electron chi connectivity index (χ0n) is 34.6. The fourth-order valence-electron chi connectivity index (χ4n) is 11.3. The molecule has 3 aliphatic rings. The van der Waals surface area contributed by atoms with Gasteiger partial charge in [-0.15, -0.1) is 0 Å². The maximum absolute atomic E-state index is 9.39. The minimum atomic E-state index is -5.61. The summed E-state index contributed by atoms with van der Waals surface area (Å²) in [6, 6.07) is 48.1. The van der Waals surface area contributed by atoms with E-state index < -0.39 is 25.9 Å². The first kappa shape index (κ1) is 39.9. The number of benzene rings is 6. The summed E-state index contributed by atoms with van der Waals surface area (Å²) >= 11 is -5.61. The number of allylic oxidation sites excluding steroid dienone is 2. The van der Waals surface area contributed by atoms with E-state index in [1.807, 2.05) is 0 Å². The number of aryl methyl sites for hydroxylation is 2. The third-order valence-electron chi connectivity index (χ3n) is 13.4. The van der Waals surface area contributed by atoms with Crippen LogP contribution in [0, 0.1) is 0 Å². The number of hydrogen-bond donors (Lipinski definition) is 0. The van der Waals surface area contributed by atoms with Crippen LogP contribution in [-0.4, -0.2) is 9.52 Å². The van der Waals surface area contributed by atoms with Crippen LogP contribution in [0.1, 0.15) is 107 Å². The van der Waals surface area contributed by atoms with Crippen LogP contribution in [0.4, 0.5) is 0 Å². The summed E-state index contributed by atoms with van der Waals surface area (Å²) in [5.41, 5.74) is 19.2. The van der Waals surface area contributed by atoms with Crippen LogP contribution < -0.4 is 13.6 Å². The molecule has 0 spiro atoms. The van der Waals surface area contributed by atoms with E-state index in [0.717, 1.165) is 51.4 Å². The van der Waals surface area contributed by atoms with Crippen molar-refractivity contribution in [2.45, 2.75) is 86.3 Å². The molecule has 0 amide bonds. The minimum absolute atomic E-state index is 0.0613. The van der Waals surface area contributed by atoms with Crippen molar-refractivity contribution >= 4 is 52.3 Å². The molecule has 0 aromatic heterocycles. The molecule has 4 heteroatoms. The van der Waals surface area contributed by atoms with Gasteiger partial charge in [-0.1, -0.05) is 0 Å². The predicted octanol–water partition coefficient (Wildman–Crippen LogP) is 13.5. The van der Waals surface area contributed by atoms with E-state index in [1.165, 1.54) is 91.6 Å². The van der Waals surface area contributed by atoms with Gasteiger partial charge in [0.25, 0.3) is 0 Å². The average molecular weight is 894 g/mol. The van der Waals surface area contributed by atoms with Gasteiger partial charge in [-0.2, -0.15) is 0 Å². The molecule has 0 radical (unpaired) electrons. The van der Waals surface area contributed by atoms with Gasteiger partial charge in [-0.25, -0.2) is 0 Å². The predicted molar refractivity (Wildman–Crippen MR) is 254 cm³/mol. The maximum atomic E-state index is 9.39. The zero-order valence-corrected chi connectivity index (χ0v) is 39.9. The molecule has 0 N–H and O–H groups in total. The molecule has 9 rings (SSSR count). The van der Waals surface area contributed by atoms with Crippen LogP contribution in [0.25, 0.3) is 45.5 Å². The summed E-state index contributed by atoms with van der Waals surface area (Å²) in [5.74, 6) is 0. The van der Waals surface area contributed by atoms with E-state index >= 15 is 0 Å². The molecule has 58 heavy (non-hydrogen) atoms. The van der Waals surface area contributed by atoms with Crippen molar-refractivity contribution < 1.29 is 16.4 Å². The molecule has 1 aliphatic heterocycles. The second-order valence-corrected chi connectivity index (χ2v) is 39.5. The van der Waals surface area contributed by atoms with E-state index in [2.05, 4.69) is 167 Å². The molecule has 0 bridgehead atoms. The first-order valence-electron chi connectivity index (χ1n) is 21.9. The molecule has 2 unspecified atom stereocenters. The summed E-state index contributed by atoms with van der Waals surface area (Å²) in [6.45, 7) is 9.24. The van der Waals surface area contributed by atoms with E-state index in [4.69, 9.17) is 0 Å². The van der Waals surface area contributed by atoms with Gasteiger partial charge in [0.1, 0.15) is 0 Å². The van der Waals surface area contributed by atoms with Crippen LogP contribution in [0.3, 0.4) is 0 Å². The van der Waals surface area contributed by atoms with Crippen LogP contribution in [0.15, 0.2) is 139 Å². The van der Waals surface area contributed by atoms with Crippen molar-refractivity contribution in [1.82, 2.24) is 0 Å². The molecule has 6 aromatic rings. The van der Waals surface area contributed by atoms with Crippen LogP contribution in [0.5, 0.6) is 0 Å². The Balaban J connectivity index is 1.39. The van der Waals surface area contributed by atoms with Gasteiger partial charge >= 0.3 is 360 Å². The Hall–Kier alpha value is -3.52. The third kappa shape index (κ3) is 6.39. The Morgan fingerprint density at radius 2 is 0.948 bits per heavy atom. The zero-order chi connectivity index (χ0) is 40.0. The molecular formula is C54H55Cl2SiZr. The summed E-state index contributed by atoms with van der Waals surface area (Å²) in [6.07, 6.45) is 13.4. The van der Waals surface area contributed by atoms with Gasteiger partial charge < -0.3 is 0 Å². The molecule has 0 saturated heterocycles. The molecule has 2 aliphatic carbocycles. The van der Waals surface area contributed by atoms with Crippen molar-refractivity contribution in [3.63, 3.8) is 0 Å². The number of halogens is 2. The summed E-state index contributed by atoms with van der Waals surface area (Å²) in [4.78, 5) is 0. The Morgan fingerprint density at radius 1 is 0.483 bits per heavy atom. The second kappa shape index (κ2) is 16.2. The summed E-state index contributed by atoms with van der Waals surface area (Å²) < 4.78 is 1.20. The van der Waals surface area contributed by atoms with Crippen LogP contribution in [0.2, 0.25) is 0 Å². The molecule has 2 atom stereocenters. The van der Waals surface area contributed by atoms with Gasteiger partial charge in [-0.3, -0.25) is 0 Å². The fraction of sp³-hybridized carbons (Fsp3) is 0.259. The molecule has 1 heterocycles. The van der Waals surface area contributed by atoms with E-state index in [9.17, 15) is 17.0 Å². The Bertz CT molecular complexity index is 2460. The van der Waals surface area contributed by atoms with Crippen molar-refractivity contribution in [3.05, 3.63) is 172 Å². The molecule has 0 saturated carbocycles. The van der Waals surface area contributed by atoms with Gasteiger partial charge in [0.2, 0.25) is 0 Å². The Kier molecular flexibility index (Phi) is 11.1. The topological polar surface area (TPSA) is 0 Å². The van der Waals surface area contributed by atoms with E-state index in [-0.39, 0.29) is 7.25 Å². The van der Waals surface area contributed by atoms with E-state index in [1.54, 1.807) is 0 Å². The number of fused-ring (bicyclic) bond motifs is 5. The van der Waals surface area contributed by atoms with E-state index in [0.29, 0.717) is 0 Å². The molecule has 6 aromatic carbocycles. The van der Waals surface area contributed by atoms with Gasteiger partial charge in [0.05, 0.1) is 0 Å². The van der Waals surface area contributed by atoms with Crippen molar-refractivity contribution in [2.75, 3.05) is 0 Å². The quantitative estimate of drug-likeness (QED) is 0.101. The Labute approximate surface area is 357 Å². The summed E-state index contributed by atoms with van der Waals surface area (Å²) in [7, 11) is 17.9. The standard InChI is InChI=1S/2C21H23.C12H9Si.2ClH.Zr/c2*1-3-8-16-14-19-13-12-17(9-4-2)21(20(19)15-16)18-10-6-5-7-11-18;1-3-7-11-9(5-1)10-6-2-4-8-12(10)13-11;;;/h2*5-7,10-15H,3-4,8-9H2,1-2H3;1-7H,13H2;2*1H;/q;;;;;+2/p-2. The number of hydrogen-bond acceptors (Lipinski definition) is 0. The van der Waals surface area contributed by atoms with Crippen molar-refractivity contribution in [1.29, 1.82) is 0 Å². The SMILES string of the molecule is CCCC1=Cc2c(ccc(CCC)c2-c2ccccc2)[CH]1[Zr]([Cl])([Cl])([c]1cccc2c1[SiH2]c1ccccc1-2)[CH]1C(CCC)=Cc2c1ccc(CCC)c2-c1ccccc1. The van der Waals surface area contributed by atoms with Gasteiger partial charge in [-0.05, 0) is 0 Å². The van der Waals surface area contributed by atoms with Gasteiger partial charge in [0, 0.05) is 0 Å². The molecular weight excluding hydrogens is 839 g/mol. The normalized spacial score (nSPS) is 17.6. The van der Waals surface area contributed by atoms with Gasteiger partial charge in [0.15, 0.2) is 0 Å². The fourth-order valence-corrected chi connectivity index (χ4v) is 39.3. The summed E-state index contributed by atoms with van der Waals surface area (Å²) in [5, 5.41) is 3.00.